The third-order valence-electron chi connectivity index (χ3n) is 8.70. The van der Waals surface area contributed by atoms with Crippen molar-refractivity contribution in [2.45, 2.75) is 31.8 Å². The number of nitrogens with zero attached hydrogens (tertiary/aromatic N) is 3. The van der Waals surface area contributed by atoms with Crippen molar-refractivity contribution in [2.75, 3.05) is 44.2 Å². The number of likely N-dealkylation sites (tertiary alicyclic amines) is 1. The molecule has 4 aromatic rings. The number of carbonyl (C=O) groups is 3. The van der Waals surface area contributed by atoms with Crippen LogP contribution in [-0.4, -0.2) is 72.9 Å². The first kappa shape index (κ1) is 32.8. The summed E-state index contributed by atoms with van der Waals surface area (Å²) in [6, 6.07) is 20.2. The molecule has 11 heteroatoms. The number of para-hydroxylation sites is 1. The van der Waals surface area contributed by atoms with Gasteiger partial charge in [0.15, 0.2) is 11.2 Å². The molecule has 3 aromatic carbocycles. The van der Waals surface area contributed by atoms with E-state index in [1.54, 1.807) is 41.3 Å². The van der Waals surface area contributed by atoms with Crippen LogP contribution < -0.4 is 20.4 Å². The molecular formula is C37H37ClN4O6. The van der Waals surface area contributed by atoms with Gasteiger partial charge < -0.3 is 29.2 Å². The highest BCUT2D eigenvalue weighted by Crippen LogP contribution is 2.26. The quantitative estimate of drug-likeness (QED) is 0.228. The molecule has 0 unspecified atom stereocenters. The molecular weight excluding hydrogens is 632 g/mol. The fourth-order valence-corrected chi connectivity index (χ4v) is 6.32. The summed E-state index contributed by atoms with van der Waals surface area (Å²) in [5.41, 5.74) is 2.77. The number of hydrogen-bond acceptors (Lipinski definition) is 7. The van der Waals surface area contributed by atoms with E-state index < -0.39 is 17.4 Å². The molecule has 6 rings (SSSR count). The zero-order valence-electron chi connectivity index (χ0n) is 26.5. The lowest BCUT2D eigenvalue weighted by atomic mass is 10.0. The van der Waals surface area contributed by atoms with Gasteiger partial charge in [-0.25, -0.2) is 0 Å². The van der Waals surface area contributed by atoms with Crippen LogP contribution in [0.2, 0.25) is 5.02 Å². The van der Waals surface area contributed by atoms with E-state index in [1.807, 2.05) is 29.2 Å². The molecule has 1 aromatic heterocycles. The Bertz CT molecular complexity index is 1880. The minimum atomic E-state index is -0.922. The molecule has 48 heavy (non-hydrogen) atoms. The van der Waals surface area contributed by atoms with Crippen LogP contribution >= 0.6 is 11.6 Å². The number of hydrogen-bond donors (Lipinski definition) is 1. The SMILES string of the molecule is C=CCOc1ccc2oc(C(=O)N[C@@H](Cc3ccc(Cl)cc3)C(=O)N3CCN(c4ccccc4CN4CCCC4=O)CC3)cc(=O)c2c1. The Morgan fingerprint density at radius 1 is 0.979 bits per heavy atom. The monoisotopic (exact) mass is 668 g/mol. The van der Waals surface area contributed by atoms with Crippen LogP contribution in [0.15, 0.2) is 94.7 Å². The Morgan fingerprint density at radius 2 is 1.75 bits per heavy atom. The average molecular weight is 669 g/mol. The third kappa shape index (κ3) is 7.55. The maximum Gasteiger partial charge on any atom is 0.287 e. The van der Waals surface area contributed by atoms with Crippen molar-refractivity contribution in [3.63, 3.8) is 0 Å². The molecule has 2 saturated heterocycles. The van der Waals surface area contributed by atoms with Crippen LogP contribution in [0.4, 0.5) is 5.69 Å². The van der Waals surface area contributed by atoms with E-state index in [0.717, 1.165) is 35.8 Å². The summed E-state index contributed by atoms with van der Waals surface area (Å²) >= 11 is 6.10. The normalized spacial score (nSPS) is 15.4. The highest BCUT2D eigenvalue weighted by molar-refractivity contribution is 6.30. The van der Waals surface area contributed by atoms with E-state index in [9.17, 15) is 19.2 Å². The molecule has 0 radical (unpaired) electrons. The highest BCUT2D eigenvalue weighted by Gasteiger charge is 2.31. The van der Waals surface area contributed by atoms with Gasteiger partial charge in [-0.3, -0.25) is 19.2 Å². The Labute approximate surface area is 283 Å². The summed E-state index contributed by atoms with van der Waals surface area (Å²) in [7, 11) is 0. The van der Waals surface area contributed by atoms with Crippen LogP contribution in [0.5, 0.6) is 5.75 Å². The molecule has 0 saturated carbocycles. The molecule has 248 valence electrons. The maximum atomic E-state index is 14.0. The fraction of sp³-hybridized carbons (Fsp3) is 0.297. The van der Waals surface area contributed by atoms with Gasteiger partial charge in [-0.2, -0.15) is 0 Å². The smallest absolute Gasteiger partial charge is 0.287 e. The first-order valence-corrected chi connectivity index (χ1v) is 16.4. The van der Waals surface area contributed by atoms with Gasteiger partial charge in [-0.15, -0.1) is 0 Å². The topological polar surface area (TPSA) is 112 Å². The Hall–Kier alpha value is -5.09. The lowest BCUT2D eigenvalue weighted by Crippen LogP contribution is -2.55. The molecule has 2 fully saturated rings. The van der Waals surface area contributed by atoms with E-state index in [1.165, 1.54) is 0 Å². The van der Waals surface area contributed by atoms with Gasteiger partial charge in [-0.1, -0.05) is 54.6 Å². The lowest BCUT2D eigenvalue weighted by Gasteiger charge is -2.38. The molecule has 1 N–H and O–H groups in total. The lowest BCUT2D eigenvalue weighted by molar-refractivity contribution is -0.133. The van der Waals surface area contributed by atoms with E-state index in [2.05, 4.69) is 28.9 Å². The second kappa shape index (κ2) is 14.8. The largest absolute Gasteiger partial charge is 0.490 e. The molecule has 3 amide bonds. The van der Waals surface area contributed by atoms with Gasteiger partial charge in [0.25, 0.3) is 5.91 Å². The summed E-state index contributed by atoms with van der Waals surface area (Å²) in [4.78, 5) is 58.7. The number of nitrogens with one attached hydrogen (secondary N) is 1. The summed E-state index contributed by atoms with van der Waals surface area (Å²) in [5, 5.41) is 3.67. The van der Waals surface area contributed by atoms with Gasteiger partial charge >= 0.3 is 0 Å². The zero-order valence-corrected chi connectivity index (χ0v) is 27.3. The minimum Gasteiger partial charge on any atom is -0.490 e. The number of ether oxygens (including phenoxy) is 1. The van der Waals surface area contributed by atoms with E-state index >= 15 is 0 Å². The number of halogens is 1. The summed E-state index contributed by atoms with van der Waals surface area (Å²) in [6.45, 7) is 7.33. The summed E-state index contributed by atoms with van der Waals surface area (Å²) in [6.07, 6.45) is 3.30. The van der Waals surface area contributed by atoms with Crippen molar-refractivity contribution in [1.82, 2.24) is 15.1 Å². The van der Waals surface area contributed by atoms with Crippen LogP contribution in [0, 0.1) is 0 Å². The molecule has 3 heterocycles. The number of rotatable bonds is 11. The van der Waals surface area contributed by atoms with Crippen molar-refractivity contribution in [3.8, 4) is 5.75 Å². The third-order valence-corrected chi connectivity index (χ3v) is 8.95. The van der Waals surface area contributed by atoms with Gasteiger partial charge in [-0.05, 0) is 53.9 Å². The molecule has 0 bridgehead atoms. The molecule has 0 aliphatic carbocycles. The average Bonchev–Trinajstić information content (AvgIpc) is 3.51. The summed E-state index contributed by atoms with van der Waals surface area (Å²) in [5.74, 6) is -0.441. The number of fused-ring (bicyclic) bond motifs is 1. The zero-order chi connectivity index (χ0) is 33.6. The Morgan fingerprint density at radius 3 is 2.48 bits per heavy atom. The second-order valence-electron chi connectivity index (χ2n) is 11.9. The number of amides is 3. The second-order valence-corrected chi connectivity index (χ2v) is 12.4. The van der Waals surface area contributed by atoms with Crippen molar-refractivity contribution in [1.29, 1.82) is 0 Å². The Balaban J connectivity index is 1.17. The van der Waals surface area contributed by atoms with Crippen molar-refractivity contribution >= 4 is 46.0 Å². The first-order valence-electron chi connectivity index (χ1n) is 16.1. The van der Waals surface area contributed by atoms with Crippen molar-refractivity contribution < 1.29 is 23.5 Å². The number of piperazine rings is 1. The molecule has 2 aliphatic rings. The number of benzene rings is 3. The molecule has 1 atom stereocenters. The van der Waals surface area contributed by atoms with E-state index in [-0.39, 0.29) is 41.6 Å². The number of anilines is 1. The van der Waals surface area contributed by atoms with E-state index in [0.29, 0.717) is 49.9 Å². The van der Waals surface area contributed by atoms with Crippen molar-refractivity contribution in [3.05, 3.63) is 118 Å². The predicted octanol–water partition coefficient (Wildman–Crippen LogP) is 4.82. The van der Waals surface area contributed by atoms with Crippen LogP contribution in [0.1, 0.15) is 34.5 Å². The minimum absolute atomic E-state index is 0.181. The maximum absolute atomic E-state index is 14.0. The molecule has 0 spiro atoms. The molecule has 2 aliphatic heterocycles. The van der Waals surface area contributed by atoms with Gasteiger partial charge in [0, 0.05) is 68.9 Å². The predicted molar refractivity (Wildman–Crippen MR) is 184 cm³/mol. The summed E-state index contributed by atoms with van der Waals surface area (Å²) < 4.78 is 11.3. The van der Waals surface area contributed by atoms with Gasteiger partial charge in [0.2, 0.25) is 11.8 Å². The van der Waals surface area contributed by atoms with Crippen LogP contribution in [0.3, 0.4) is 0 Å². The van der Waals surface area contributed by atoms with Gasteiger partial charge in [0.1, 0.15) is 24.0 Å². The molecule has 10 nitrogen and oxygen atoms in total. The van der Waals surface area contributed by atoms with Crippen LogP contribution in [-0.2, 0) is 22.6 Å². The Kier molecular flexibility index (Phi) is 10.1. The van der Waals surface area contributed by atoms with E-state index in [4.69, 9.17) is 20.8 Å². The first-order chi connectivity index (χ1) is 23.3. The van der Waals surface area contributed by atoms with Crippen LogP contribution in [0.25, 0.3) is 11.0 Å². The standard InChI is InChI=1S/C37H37ClN4O6/c1-2-20-47-28-13-14-33-29(22-28)32(43)23-34(48-33)36(45)39-30(21-25-9-11-27(38)12-10-25)37(46)41-18-16-40(17-19-41)31-7-4-3-6-26(31)24-42-15-5-8-35(42)44/h2-4,6-7,9-14,22-23,30H,1,5,8,15-21,24H2,(H,39,45)/t30-/m0/s1. The fourth-order valence-electron chi connectivity index (χ4n) is 6.20. The highest BCUT2D eigenvalue weighted by atomic mass is 35.5. The van der Waals surface area contributed by atoms with Crippen molar-refractivity contribution in [2.24, 2.45) is 0 Å². The number of carbonyl (C=O) groups excluding carboxylic acids is 3. The van der Waals surface area contributed by atoms with Gasteiger partial charge in [0.05, 0.1) is 5.39 Å².